The molecule has 3 aromatic rings. The Bertz CT molecular complexity index is 1050. The van der Waals surface area contributed by atoms with E-state index in [1.165, 1.54) is 7.11 Å². The Morgan fingerprint density at radius 2 is 1.97 bits per heavy atom. The maximum Gasteiger partial charge on any atom is 0.335 e. The van der Waals surface area contributed by atoms with Gasteiger partial charge in [0.25, 0.3) is 0 Å². The van der Waals surface area contributed by atoms with Crippen molar-refractivity contribution in [3.05, 3.63) is 70.1 Å². The van der Waals surface area contributed by atoms with E-state index in [0.717, 1.165) is 22.4 Å². The van der Waals surface area contributed by atoms with Crippen molar-refractivity contribution in [1.82, 2.24) is 4.98 Å². The second kappa shape index (κ2) is 10.5. The molecule has 0 spiro atoms. The lowest BCUT2D eigenvalue weighted by Gasteiger charge is -2.16. The van der Waals surface area contributed by atoms with Gasteiger partial charge in [-0.15, -0.1) is 0 Å². The molecule has 3 rings (SSSR count). The van der Waals surface area contributed by atoms with Gasteiger partial charge in [-0.2, -0.15) is 0 Å². The third-order valence-corrected chi connectivity index (χ3v) is 5.26. The average molecular weight is 444 g/mol. The van der Waals surface area contributed by atoms with E-state index >= 15 is 0 Å². The Kier molecular flexibility index (Phi) is 7.71. The molecule has 31 heavy (non-hydrogen) atoms. The number of esters is 1. The Hall–Kier alpha value is -2.83. The molecule has 0 aliphatic rings. The number of rotatable bonds is 9. The lowest BCUT2D eigenvalue weighted by atomic mass is 10.1. The first-order chi connectivity index (χ1) is 14.9. The third kappa shape index (κ3) is 5.66. The minimum atomic E-state index is -0.697. The van der Waals surface area contributed by atoms with E-state index in [0.29, 0.717) is 35.5 Å². The standard InChI is InChI=1S/C24H26ClNO5/c1-5-29-22(24(27)28-4)12-17-10-11-18(13-20(17)25)30-14-21-16(3)31-23(26-21)19-9-7-6-8-15(19)2/h6-11,13,22H,5,12,14H2,1-4H3/t22-/m0/s1. The largest absolute Gasteiger partial charge is 0.487 e. The molecular formula is C24H26ClNO5. The van der Waals surface area contributed by atoms with Crippen molar-refractivity contribution in [3.63, 3.8) is 0 Å². The van der Waals surface area contributed by atoms with E-state index in [1.54, 1.807) is 12.1 Å². The quantitative estimate of drug-likeness (QED) is 0.417. The molecule has 2 aromatic carbocycles. The third-order valence-electron chi connectivity index (χ3n) is 4.91. The van der Waals surface area contributed by atoms with Crippen LogP contribution in [0.25, 0.3) is 11.5 Å². The number of benzene rings is 2. The molecular weight excluding hydrogens is 418 g/mol. The van der Waals surface area contributed by atoms with Gasteiger partial charge in [-0.05, 0) is 50.1 Å². The number of carbonyl (C=O) groups is 1. The van der Waals surface area contributed by atoms with Gasteiger partial charge in [-0.25, -0.2) is 9.78 Å². The number of ether oxygens (including phenoxy) is 3. The summed E-state index contributed by atoms with van der Waals surface area (Å²) in [6, 6.07) is 13.3. The molecule has 0 unspecified atom stereocenters. The number of methoxy groups -OCH3 is 1. The van der Waals surface area contributed by atoms with Gasteiger partial charge >= 0.3 is 5.97 Å². The van der Waals surface area contributed by atoms with Crippen molar-refractivity contribution in [1.29, 1.82) is 0 Å². The predicted molar refractivity (Wildman–Crippen MR) is 118 cm³/mol. The fraction of sp³-hybridized carbons (Fsp3) is 0.333. The molecule has 6 nitrogen and oxygen atoms in total. The Balaban J connectivity index is 1.68. The lowest BCUT2D eigenvalue weighted by Crippen LogP contribution is -2.28. The van der Waals surface area contributed by atoms with Gasteiger partial charge in [0.15, 0.2) is 6.10 Å². The summed E-state index contributed by atoms with van der Waals surface area (Å²) in [5.74, 6) is 1.45. The molecule has 0 N–H and O–H groups in total. The SMILES string of the molecule is CCO[C@@H](Cc1ccc(OCc2nc(-c3ccccc3C)oc2C)cc1Cl)C(=O)OC. The van der Waals surface area contributed by atoms with Crippen molar-refractivity contribution < 1.29 is 23.4 Å². The maximum absolute atomic E-state index is 11.9. The molecule has 0 radical (unpaired) electrons. The van der Waals surface area contributed by atoms with E-state index in [1.807, 2.05) is 51.1 Å². The number of oxazole rings is 1. The molecule has 0 fully saturated rings. The molecule has 0 amide bonds. The molecule has 1 aromatic heterocycles. The number of aryl methyl sites for hydroxylation is 2. The van der Waals surface area contributed by atoms with Gasteiger partial charge in [0.05, 0.1) is 7.11 Å². The normalized spacial score (nSPS) is 11.9. The number of carbonyl (C=O) groups excluding carboxylic acids is 1. The van der Waals surface area contributed by atoms with Crippen LogP contribution >= 0.6 is 11.6 Å². The highest BCUT2D eigenvalue weighted by Gasteiger charge is 2.21. The predicted octanol–water partition coefficient (Wildman–Crippen LogP) is 5.31. The Labute approximate surface area is 187 Å². The summed E-state index contributed by atoms with van der Waals surface area (Å²) in [6.45, 7) is 6.36. The second-order valence-corrected chi connectivity index (χ2v) is 7.46. The summed E-state index contributed by atoms with van der Waals surface area (Å²) in [5, 5.41) is 0.489. The first-order valence-electron chi connectivity index (χ1n) is 10.1. The number of hydrogen-bond acceptors (Lipinski definition) is 6. The number of aromatic nitrogens is 1. The van der Waals surface area contributed by atoms with Crippen LogP contribution in [-0.4, -0.2) is 30.8 Å². The van der Waals surface area contributed by atoms with Crippen LogP contribution in [0.15, 0.2) is 46.9 Å². The first kappa shape index (κ1) is 22.8. The molecule has 0 aliphatic heterocycles. The van der Waals surface area contributed by atoms with Gasteiger partial charge in [0.1, 0.15) is 23.8 Å². The van der Waals surface area contributed by atoms with E-state index in [2.05, 4.69) is 4.98 Å². The van der Waals surface area contributed by atoms with Crippen LogP contribution in [-0.2, 0) is 27.3 Å². The van der Waals surface area contributed by atoms with E-state index in [-0.39, 0.29) is 6.61 Å². The summed E-state index contributed by atoms with van der Waals surface area (Å²) < 4.78 is 22.0. The molecule has 7 heteroatoms. The van der Waals surface area contributed by atoms with Crippen LogP contribution in [0, 0.1) is 13.8 Å². The highest BCUT2D eigenvalue weighted by atomic mass is 35.5. The van der Waals surface area contributed by atoms with Gasteiger partial charge in [0, 0.05) is 23.6 Å². The van der Waals surface area contributed by atoms with Crippen LogP contribution in [0.1, 0.15) is 29.5 Å². The zero-order chi connectivity index (χ0) is 22.4. The van der Waals surface area contributed by atoms with E-state index in [9.17, 15) is 4.79 Å². The molecule has 0 aliphatic carbocycles. The van der Waals surface area contributed by atoms with Crippen LogP contribution in [0.4, 0.5) is 0 Å². The van der Waals surface area contributed by atoms with Crippen molar-refractivity contribution in [2.24, 2.45) is 0 Å². The second-order valence-electron chi connectivity index (χ2n) is 7.05. The topological polar surface area (TPSA) is 70.8 Å². The fourth-order valence-corrected chi connectivity index (χ4v) is 3.42. The van der Waals surface area contributed by atoms with Crippen molar-refractivity contribution >= 4 is 17.6 Å². The summed E-state index contributed by atoms with van der Waals surface area (Å²) in [6.07, 6.45) is -0.376. The van der Waals surface area contributed by atoms with Gasteiger partial charge < -0.3 is 18.6 Å². The number of halogens is 1. The summed E-state index contributed by atoms with van der Waals surface area (Å²) in [4.78, 5) is 16.5. The van der Waals surface area contributed by atoms with E-state index < -0.39 is 12.1 Å². The van der Waals surface area contributed by atoms with Gasteiger partial charge in [0.2, 0.25) is 5.89 Å². The van der Waals surface area contributed by atoms with Crippen molar-refractivity contribution in [2.75, 3.05) is 13.7 Å². The minimum Gasteiger partial charge on any atom is -0.487 e. The number of nitrogens with zero attached hydrogens (tertiary/aromatic N) is 1. The average Bonchev–Trinajstić information content (AvgIpc) is 3.13. The van der Waals surface area contributed by atoms with Crippen LogP contribution < -0.4 is 4.74 Å². The van der Waals surface area contributed by atoms with E-state index in [4.69, 9.17) is 30.2 Å². The Morgan fingerprint density at radius 3 is 2.65 bits per heavy atom. The minimum absolute atomic E-state index is 0.251. The van der Waals surface area contributed by atoms with Crippen molar-refractivity contribution in [2.45, 2.75) is 39.9 Å². The van der Waals surface area contributed by atoms with Crippen LogP contribution in [0.2, 0.25) is 5.02 Å². The van der Waals surface area contributed by atoms with Gasteiger partial charge in [-0.1, -0.05) is 35.9 Å². The summed E-state index contributed by atoms with van der Waals surface area (Å²) in [7, 11) is 1.34. The fourth-order valence-electron chi connectivity index (χ4n) is 3.17. The molecule has 0 saturated heterocycles. The smallest absolute Gasteiger partial charge is 0.335 e. The zero-order valence-electron chi connectivity index (χ0n) is 18.1. The summed E-state index contributed by atoms with van der Waals surface area (Å²) in [5.41, 5.74) is 3.55. The first-order valence-corrected chi connectivity index (χ1v) is 10.4. The maximum atomic E-state index is 11.9. The Morgan fingerprint density at radius 1 is 1.19 bits per heavy atom. The zero-order valence-corrected chi connectivity index (χ0v) is 18.9. The summed E-state index contributed by atoms with van der Waals surface area (Å²) >= 11 is 6.41. The van der Waals surface area contributed by atoms with Crippen LogP contribution in [0.3, 0.4) is 0 Å². The highest BCUT2D eigenvalue weighted by molar-refractivity contribution is 6.31. The molecule has 164 valence electrons. The molecule has 0 saturated carbocycles. The molecule has 1 heterocycles. The monoisotopic (exact) mass is 443 g/mol. The number of hydrogen-bond donors (Lipinski definition) is 0. The van der Waals surface area contributed by atoms with Crippen LogP contribution in [0.5, 0.6) is 5.75 Å². The molecule has 0 bridgehead atoms. The highest BCUT2D eigenvalue weighted by Crippen LogP contribution is 2.27. The van der Waals surface area contributed by atoms with Crippen molar-refractivity contribution in [3.8, 4) is 17.2 Å². The molecule has 1 atom stereocenters. The lowest BCUT2D eigenvalue weighted by molar-refractivity contribution is -0.153. The van der Waals surface area contributed by atoms with Gasteiger partial charge in [-0.3, -0.25) is 0 Å².